The number of carbonyl (C=O) groups is 1. The van der Waals surface area contributed by atoms with Gasteiger partial charge < -0.3 is 10.5 Å². The van der Waals surface area contributed by atoms with Crippen molar-refractivity contribution >= 4 is 38.0 Å². The van der Waals surface area contributed by atoms with Crippen LogP contribution in [0.4, 0.5) is 10.7 Å². The molecule has 3 rings (SSSR count). The number of nitrogens with zero attached hydrogens (tertiary/aromatic N) is 2. The van der Waals surface area contributed by atoms with Gasteiger partial charge in [0, 0.05) is 5.69 Å². The third kappa shape index (κ3) is 3.84. The fourth-order valence-electron chi connectivity index (χ4n) is 2.13. The molecule has 0 saturated heterocycles. The standard InChI is InChI=1S/C17H15N3O4S2/c18-14-6-8-15(9-7-14)26(22,23)20(16-10-19-11-25-16)12-24-17(21)13-4-2-1-3-5-13/h1-11H,12,18H2. The Balaban J connectivity index is 1.86. The van der Waals surface area contributed by atoms with Gasteiger partial charge in [-0.1, -0.05) is 18.2 Å². The number of nitrogens with two attached hydrogens (primary N) is 1. The molecule has 3 aromatic rings. The molecule has 9 heteroatoms. The summed E-state index contributed by atoms with van der Waals surface area (Å²) in [6.07, 6.45) is 1.40. The quantitative estimate of drug-likeness (QED) is 0.395. The lowest BCUT2D eigenvalue weighted by atomic mass is 10.2. The van der Waals surface area contributed by atoms with E-state index < -0.39 is 22.7 Å². The Morgan fingerprint density at radius 3 is 2.42 bits per heavy atom. The molecule has 0 bridgehead atoms. The molecule has 0 aliphatic rings. The molecule has 0 fully saturated rings. The van der Waals surface area contributed by atoms with Crippen molar-refractivity contribution in [3.63, 3.8) is 0 Å². The maximum Gasteiger partial charge on any atom is 0.339 e. The number of ether oxygens (including phenoxy) is 1. The van der Waals surface area contributed by atoms with Crippen LogP contribution in [0.5, 0.6) is 0 Å². The smallest absolute Gasteiger partial charge is 0.339 e. The molecule has 1 aromatic heterocycles. The first kappa shape index (κ1) is 17.9. The van der Waals surface area contributed by atoms with Crippen molar-refractivity contribution in [2.24, 2.45) is 0 Å². The number of carbonyl (C=O) groups excluding carboxylic acids is 1. The topological polar surface area (TPSA) is 103 Å². The zero-order valence-corrected chi connectivity index (χ0v) is 15.1. The van der Waals surface area contributed by atoms with E-state index in [1.807, 2.05) is 0 Å². The monoisotopic (exact) mass is 389 g/mol. The van der Waals surface area contributed by atoms with Gasteiger partial charge in [0.1, 0.15) is 5.00 Å². The summed E-state index contributed by atoms with van der Waals surface area (Å²) in [6.45, 7) is -0.470. The summed E-state index contributed by atoms with van der Waals surface area (Å²) in [5, 5.41) is 0.336. The van der Waals surface area contributed by atoms with E-state index in [0.717, 1.165) is 15.6 Å². The maximum atomic E-state index is 13.0. The molecule has 0 radical (unpaired) electrons. The van der Waals surface area contributed by atoms with Gasteiger partial charge in [-0.15, -0.1) is 11.3 Å². The minimum absolute atomic E-state index is 0.0378. The van der Waals surface area contributed by atoms with Crippen LogP contribution in [-0.2, 0) is 14.8 Å². The first-order valence-electron chi connectivity index (χ1n) is 7.47. The average Bonchev–Trinajstić information content (AvgIpc) is 3.17. The average molecular weight is 389 g/mol. The van der Waals surface area contributed by atoms with Crippen molar-refractivity contribution < 1.29 is 17.9 Å². The molecule has 0 amide bonds. The van der Waals surface area contributed by atoms with Crippen molar-refractivity contribution in [3.8, 4) is 0 Å². The third-order valence-electron chi connectivity index (χ3n) is 3.46. The molecular weight excluding hydrogens is 374 g/mol. The molecule has 0 aliphatic carbocycles. The van der Waals surface area contributed by atoms with E-state index in [-0.39, 0.29) is 4.90 Å². The Labute approximate surface area is 154 Å². The van der Waals surface area contributed by atoms with Gasteiger partial charge in [-0.05, 0) is 36.4 Å². The lowest BCUT2D eigenvalue weighted by Crippen LogP contribution is -2.33. The number of thiazole rings is 1. The van der Waals surface area contributed by atoms with Crippen LogP contribution in [0, 0.1) is 0 Å². The zero-order valence-electron chi connectivity index (χ0n) is 13.5. The second-order valence-electron chi connectivity index (χ2n) is 5.19. The van der Waals surface area contributed by atoms with Crippen molar-refractivity contribution in [2.75, 3.05) is 16.8 Å². The van der Waals surface area contributed by atoms with E-state index in [1.54, 1.807) is 30.3 Å². The van der Waals surface area contributed by atoms with Gasteiger partial charge >= 0.3 is 5.97 Å². The zero-order chi connectivity index (χ0) is 18.6. The summed E-state index contributed by atoms with van der Waals surface area (Å²) in [5.74, 6) is -0.618. The number of sulfonamides is 1. The van der Waals surface area contributed by atoms with Crippen LogP contribution in [-0.4, -0.2) is 26.1 Å². The predicted molar refractivity (Wildman–Crippen MR) is 99.4 cm³/mol. The second kappa shape index (κ2) is 7.54. The van der Waals surface area contributed by atoms with Crippen LogP contribution < -0.4 is 10.0 Å². The highest BCUT2D eigenvalue weighted by Crippen LogP contribution is 2.27. The summed E-state index contributed by atoms with van der Waals surface area (Å²) in [4.78, 5) is 16.1. The molecule has 0 spiro atoms. The van der Waals surface area contributed by atoms with Crippen molar-refractivity contribution in [1.82, 2.24) is 4.98 Å². The van der Waals surface area contributed by atoms with E-state index in [1.165, 1.54) is 36.0 Å². The molecule has 0 atom stereocenters. The SMILES string of the molecule is Nc1ccc(S(=O)(=O)N(COC(=O)c2ccccc2)c2cncs2)cc1. The van der Waals surface area contributed by atoms with Crippen LogP contribution in [0.2, 0.25) is 0 Å². The number of aromatic nitrogens is 1. The Kier molecular flexibility index (Phi) is 5.19. The highest BCUT2D eigenvalue weighted by atomic mass is 32.2. The number of nitrogen functional groups attached to an aromatic ring is 1. The van der Waals surface area contributed by atoms with Crippen LogP contribution in [0.15, 0.2) is 71.2 Å². The number of hydrogen-bond acceptors (Lipinski definition) is 7. The summed E-state index contributed by atoms with van der Waals surface area (Å²) in [5.41, 5.74) is 7.90. The molecule has 1 heterocycles. The third-order valence-corrected chi connectivity index (χ3v) is 6.12. The number of benzene rings is 2. The number of anilines is 2. The first-order valence-corrected chi connectivity index (χ1v) is 9.79. The largest absolute Gasteiger partial charge is 0.440 e. The fraction of sp³-hybridized carbons (Fsp3) is 0.0588. The first-order chi connectivity index (χ1) is 12.5. The van der Waals surface area contributed by atoms with Crippen LogP contribution in [0.1, 0.15) is 10.4 Å². The van der Waals surface area contributed by atoms with Crippen molar-refractivity contribution in [1.29, 1.82) is 0 Å². The normalized spacial score (nSPS) is 11.1. The lowest BCUT2D eigenvalue weighted by molar-refractivity contribution is 0.0520. The van der Waals surface area contributed by atoms with Gasteiger partial charge in [-0.25, -0.2) is 17.5 Å². The van der Waals surface area contributed by atoms with E-state index in [0.29, 0.717) is 16.3 Å². The highest BCUT2D eigenvalue weighted by Gasteiger charge is 2.27. The molecular formula is C17H15N3O4S2. The molecule has 0 saturated carbocycles. The Bertz CT molecular complexity index is 973. The minimum Gasteiger partial charge on any atom is -0.440 e. The highest BCUT2D eigenvalue weighted by molar-refractivity contribution is 7.93. The van der Waals surface area contributed by atoms with Crippen molar-refractivity contribution in [3.05, 3.63) is 71.9 Å². The molecule has 134 valence electrons. The van der Waals surface area contributed by atoms with E-state index in [4.69, 9.17) is 10.5 Å². The molecule has 7 nitrogen and oxygen atoms in total. The lowest BCUT2D eigenvalue weighted by Gasteiger charge is -2.22. The molecule has 2 N–H and O–H groups in total. The molecule has 2 aromatic carbocycles. The van der Waals surface area contributed by atoms with E-state index in [2.05, 4.69) is 4.98 Å². The maximum absolute atomic E-state index is 13.0. The summed E-state index contributed by atoms with van der Waals surface area (Å²) in [7, 11) is -3.95. The van der Waals surface area contributed by atoms with E-state index >= 15 is 0 Å². The predicted octanol–water partition coefficient (Wildman–Crippen LogP) is 2.74. The molecule has 0 unspecified atom stereocenters. The van der Waals surface area contributed by atoms with Crippen LogP contribution >= 0.6 is 11.3 Å². The molecule has 26 heavy (non-hydrogen) atoms. The minimum atomic E-state index is -3.95. The summed E-state index contributed by atoms with van der Waals surface area (Å²) < 4.78 is 32.1. The van der Waals surface area contributed by atoms with Crippen LogP contribution in [0.3, 0.4) is 0 Å². The number of rotatable bonds is 6. The Morgan fingerprint density at radius 1 is 1.12 bits per heavy atom. The van der Waals surface area contributed by atoms with Crippen LogP contribution in [0.25, 0.3) is 0 Å². The Hall–Kier alpha value is -2.91. The molecule has 0 aliphatic heterocycles. The van der Waals surface area contributed by atoms with Gasteiger partial charge in [0.05, 0.1) is 22.2 Å². The van der Waals surface area contributed by atoms with Gasteiger partial charge in [0.25, 0.3) is 10.0 Å². The summed E-state index contributed by atoms with van der Waals surface area (Å²) >= 11 is 1.12. The Morgan fingerprint density at radius 2 is 1.81 bits per heavy atom. The van der Waals surface area contributed by atoms with E-state index in [9.17, 15) is 13.2 Å². The van der Waals surface area contributed by atoms with Crippen molar-refractivity contribution in [2.45, 2.75) is 4.90 Å². The summed E-state index contributed by atoms with van der Waals surface area (Å²) in [6, 6.07) is 14.1. The van der Waals surface area contributed by atoms with Gasteiger partial charge in [0.2, 0.25) is 0 Å². The van der Waals surface area contributed by atoms with Gasteiger partial charge in [-0.3, -0.25) is 4.98 Å². The second-order valence-corrected chi connectivity index (χ2v) is 7.92. The number of esters is 1. The fourth-order valence-corrected chi connectivity index (χ4v) is 4.28. The van der Waals surface area contributed by atoms with Gasteiger partial charge in [-0.2, -0.15) is 0 Å². The van der Waals surface area contributed by atoms with Gasteiger partial charge in [0.15, 0.2) is 6.73 Å². The number of hydrogen-bond donors (Lipinski definition) is 1.